The molecule has 1 aliphatic rings. The maximum absolute atomic E-state index is 6.14. The van der Waals surface area contributed by atoms with E-state index in [1.807, 2.05) is 17.4 Å². The van der Waals surface area contributed by atoms with Gasteiger partial charge in [-0.2, -0.15) is 0 Å². The third-order valence-electron chi connectivity index (χ3n) is 4.32. The van der Waals surface area contributed by atoms with Gasteiger partial charge in [0.05, 0.1) is 10.4 Å². The van der Waals surface area contributed by atoms with E-state index in [9.17, 15) is 0 Å². The number of likely N-dealkylation sites (tertiary alicyclic amines) is 1. The second-order valence-corrected chi connectivity index (χ2v) is 8.53. The van der Waals surface area contributed by atoms with Gasteiger partial charge in [-0.05, 0) is 56.9 Å². The van der Waals surface area contributed by atoms with Crippen LogP contribution >= 0.6 is 34.3 Å². The van der Waals surface area contributed by atoms with Crippen LogP contribution in [-0.4, -0.2) is 30.6 Å². The largest absolute Gasteiger partial charge is 0.304 e. The number of halogens is 1. The van der Waals surface area contributed by atoms with E-state index in [1.54, 1.807) is 11.3 Å². The third kappa shape index (κ3) is 3.69. The summed E-state index contributed by atoms with van der Waals surface area (Å²) in [6.07, 6.45) is 2.42. The van der Waals surface area contributed by atoms with Crippen molar-refractivity contribution in [1.29, 1.82) is 0 Å². The second kappa shape index (κ2) is 6.80. The Bertz CT molecular complexity index is 567. The summed E-state index contributed by atoms with van der Waals surface area (Å²) < 4.78 is 0.866. The molecule has 0 aliphatic carbocycles. The normalized spacial score (nSPS) is 25.1. The first-order valence-corrected chi connectivity index (χ1v) is 9.46. The zero-order valence-electron chi connectivity index (χ0n) is 12.4. The smallest absolute Gasteiger partial charge is 0.0931 e. The summed E-state index contributed by atoms with van der Waals surface area (Å²) in [5.74, 6) is 0. The zero-order valence-corrected chi connectivity index (χ0v) is 14.8. The van der Waals surface area contributed by atoms with Crippen LogP contribution in [0.2, 0.25) is 4.34 Å². The lowest BCUT2D eigenvalue weighted by Gasteiger charge is -2.37. The second-order valence-electron chi connectivity index (χ2n) is 5.81. The van der Waals surface area contributed by atoms with E-state index in [4.69, 9.17) is 11.6 Å². The molecule has 2 aromatic heterocycles. The summed E-state index contributed by atoms with van der Waals surface area (Å²) >= 11 is 9.64. The molecule has 114 valence electrons. The predicted octanol–water partition coefficient (Wildman–Crippen LogP) is 4.62. The lowest BCUT2D eigenvalue weighted by atomic mass is 9.97. The maximum atomic E-state index is 6.14. The Morgan fingerprint density at radius 1 is 1.33 bits per heavy atom. The molecule has 1 fully saturated rings. The van der Waals surface area contributed by atoms with Gasteiger partial charge in [0.15, 0.2) is 0 Å². The Hall–Kier alpha value is -0.390. The van der Waals surface area contributed by atoms with Gasteiger partial charge in [-0.3, -0.25) is 0 Å². The number of piperidine rings is 1. The molecule has 0 aromatic carbocycles. The zero-order chi connectivity index (χ0) is 14.8. The van der Waals surface area contributed by atoms with Crippen LogP contribution in [-0.2, 0) is 0 Å². The van der Waals surface area contributed by atoms with E-state index in [0.29, 0.717) is 12.1 Å². The van der Waals surface area contributed by atoms with Crippen molar-refractivity contribution in [2.75, 3.05) is 13.6 Å². The van der Waals surface area contributed by atoms with Crippen molar-refractivity contribution in [2.24, 2.45) is 0 Å². The number of nitrogens with one attached hydrogen (secondary N) is 1. The van der Waals surface area contributed by atoms with Gasteiger partial charge in [0, 0.05) is 21.8 Å². The molecular weight excluding hydrogens is 320 g/mol. The molecule has 2 nitrogen and oxygen atoms in total. The summed E-state index contributed by atoms with van der Waals surface area (Å²) in [5, 5.41) is 6.02. The Balaban J connectivity index is 1.77. The summed E-state index contributed by atoms with van der Waals surface area (Å²) in [7, 11) is 2.22. The molecule has 1 aliphatic heterocycles. The van der Waals surface area contributed by atoms with Gasteiger partial charge in [0.2, 0.25) is 0 Å². The first-order valence-electron chi connectivity index (χ1n) is 7.38. The fourth-order valence-electron chi connectivity index (χ4n) is 2.92. The SMILES string of the molecule is CC1CC(NC(c2cccs2)c2ccc(Cl)s2)CCN1C. The molecule has 0 radical (unpaired) electrons. The van der Waals surface area contributed by atoms with E-state index < -0.39 is 0 Å². The Morgan fingerprint density at radius 2 is 2.19 bits per heavy atom. The number of hydrogen-bond donors (Lipinski definition) is 1. The molecule has 1 N–H and O–H groups in total. The third-order valence-corrected chi connectivity index (χ3v) is 6.55. The summed E-state index contributed by atoms with van der Waals surface area (Å²) in [5.41, 5.74) is 0. The highest BCUT2D eigenvalue weighted by Gasteiger charge is 2.26. The Labute approximate surface area is 139 Å². The summed E-state index contributed by atoms with van der Waals surface area (Å²) in [6, 6.07) is 10.00. The first-order chi connectivity index (χ1) is 10.1. The van der Waals surface area contributed by atoms with E-state index in [2.05, 4.69) is 47.8 Å². The number of rotatable bonds is 4. The first kappa shape index (κ1) is 15.5. The molecule has 3 atom stereocenters. The van der Waals surface area contributed by atoms with Crippen LogP contribution < -0.4 is 5.32 Å². The molecule has 3 rings (SSSR count). The molecule has 21 heavy (non-hydrogen) atoms. The van der Waals surface area contributed by atoms with E-state index in [-0.39, 0.29) is 6.04 Å². The highest BCUT2D eigenvalue weighted by atomic mass is 35.5. The van der Waals surface area contributed by atoms with Gasteiger partial charge in [-0.25, -0.2) is 0 Å². The fourth-order valence-corrected chi connectivity index (χ4v) is 4.94. The maximum Gasteiger partial charge on any atom is 0.0931 e. The van der Waals surface area contributed by atoms with Crippen molar-refractivity contribution >= 4 is 34.3 Å². The van der Waals surface area contributed by atoms with Crippen LogP contribution in [0.5, 0.6) is 0 Å². The van der Waals surface area contributed by atoms with Gasteiger partial charge < -0.3 is 10.2 Å². The minimum Gasteiger partial charge on any atom is -0.304 e. The number of nitrogens with zero attached hydrogens (tertiary/aromatic N) is 1. The van der Waals surface area contributed by atoms with Gasteiger partial charge >= 0.3 is 0 Å². The van der Waals surface area contributed by atoms with Crippen molar-refractivity contribution in [3.05, 3.63) is 43.7 Å². The van der Waals surface area contributed by atoms with Crippen molar-refractivity contribution < 1.29 is 0 Å². The van der Waals surface area contributed by atoms with Crippen molar-refractivity contribution in [2.45, 2.75) is 37.9 Å². The lowest BCUT2D eigenvalue weighted by molar-refractivity contribution is 0.165. The molecule has 5 heteroatoms. The fraction of sp³-hybridized carbons (Fsp3) is 0.500. The van der Waals surface area contributed by atoms with Crippen molar-refractivity contribution in [3.63, 3.8) is 0 Å². The van der Waals surface area contributed by atoms with E-state index in [0.717, 1.165) is 4.34 Å². The van der Waals surface area contributed by atoms with Crippen molar-refractivity contribution in [1.82, 2.24) is 10.2 Å². The van der Waals surface area contributed by atoms with E-state index >= 15 is 0 Å². The lowest BCUT2D eigenvalue weighted by Crippen LogP contribution is -2.46. The number of thiophene rings is 2. The summed E-state index contributed by atoms with van der Waals surface area (Å²) in [4.78, 5) is 5.13. The van der Waals surface area contributed by atoms with Crippen LogP contribution in [0.25, 0.3) is 0 Å². The van der Waals surface area contributed by atoms with Crippen molar-refractivity contribution in [3.8, 4) is 0 Å². The van der Waals surface area contributed by atoms with Crippen LogP contribution in [0.3, 0.4) is 0 Å². The predicted molar refractivity (Wildman–Crippen MR) is 93.7 cm³/mol. The quantitative estimate of drug-likeness (QED) is 0.873. The molecule has 0 amide bonds. The summed E-state index contributed by atoms with van der Waals surface area (Å²) in [6.45, 7) is 3.48. The number of hydrogen-bond acceptors (Lipinski definition) is 4. The molecule has 2 aromatic rings. The van der Waals surface area contributed by atoms with Crippen LogP contribution in [0.15, 0.2) is 29.6 Å². The monoisotopic (exact) mass is 340 g/mol. The molecule has 1 saturated heterocycles. The molecule has 3 heterocycles. The Morgan fingerprint density at radius 3 is 2.81 bits per heavy atom. The molecule has 0 bridgehead atoms. The topological polar surface area (TPSA) is 15.3 Å². The minimum atomic E-state index is 0.281. The molecular formula is C16H21ClN2S2. The van der Waals surface area contributed by atoms with Crippen LogP contribution in [0.4, 0.5) is 0 Å². The van der Waals surface area contributed by atoms with Gasteiger partial charge in [-0.1, -0.05) is 17.7 Å². The molecule has 0 saturated carbocycles. The van der Waals surface area contributed by atoms with Crippen LogP contribution in [0, 0.1) is 0 Å². The van der Waals surface area contributed by atoms with Gasteiger partial charge in [-0.15, -0.1) is 22.7 Å². The van der Waals surface area contributed by atoms with E-state index in [1.165, 1.54) is 29.1 Å². The molecule has 3 unspecified atom stereocenters. The highest BCUT2D eigenvalue weighted by Crippen LogP contribution is 2.34. The standard InChI is InChI=1S/C16H21ClN2S2/c1-11-10-12(7-8-19(11)2)18-16(13-4-3-9-20-13)14-5-6-15(17)21-14/h3-6,9,11-12,16,18H,7-8,10H2,1-2H3. The highest BCUT2D eigenvalue weighted by molar-refractivity contribution is 7.16. The van der Waals surface area contributed by atoms with Crippen LogP contribution in [0.1, 0.15) is 35.6 Å². The minimum absolute atomic E-state index is 0.281. The van der Waals surface area contributed by atoms with Gasteiger partial charge in [0.25, 0.3) is 0 Å². The Kier molecular flexibility index (Phi) is 5.02. The molecule has 0 spiro atoms. The average molecular weight is 341 g/mol. The average Bonchev–Trinajstić information content (AvgIpc) is 3.11. The van der Waals surface area contributed by atoms with Gasteiger partial charge in [0.1, 0.15) is 0 Å².